The summed E-state index contributed by atoms with van der Waals surface area (Å²) in [7, 11) is 0. The van der Waals surface area contributed by atoms with Crippen molar-refractivity contribution in [3.63, 3.8) is 0 Å². The highest BCUT2D eigenvalue weighted by Crippen LogP contribution is 2.26. The van der Waals surface area contributed by atoms with Gasteiger partial charge in [0.15, 0.2) is 0 Å². The van der Waals surface area contributed by atoms with Gasteiger partial charge in [-0.3, -0.25) is 10.1 Å². The molecule has 2 aromatic rings. The number of piperazine rings is 1. The van der Waals surface area contributed by atoms with Gasteiger partial charge in [0.1, 0.15) is 0 Å². The molecule has 0 atom stereocenters. The van der Waals surface area contributed by atoms with Crippen molar-refractivity contribution in [2.75, 3.05) is 36.0 Å². The average molecular weight is 298 g/mol. The van der Waals surface area contributed by atoms with Crippen molar-refractivity contribution < 1.29 is 4.92 Å². The molecule has 0 radical (unpaired) electrons. The fourth-order valence-corrected chi connectivity index (χ4v) is 2.71. The smallest absolute Gasteiger partial charge is 0.311 e. The third-order valence-corrected chi connectivity index (χ3v) is 3.94. The highest BCUT2D eigenvalue weighted by atomic mass is 16.6. The molecule has 1 aliphatic rings. The van der Waals surface area contributed by atoms with E-state index in [0.717, 1.165) is 26.2 Å². The van der Waals surface area contributed by atoms with Crippen LogP contribution in [0.25, 0.3) is 0 Å². The van der Waals surface area contributed by atoms with Gasteiger partial charge in [0, 0.05) is 44.1 Å². The van der Waals surface area contributed by atoms with Crippen LogP contribution >= 0.6 is 0 Å². The lowest BCUT2D eigenvalue weighted by Crippen LogP contribution is -2.47. The standard InChI is InChI=1S/C16H18N4O2/c1-13-4-6-14(7-5-13)18-9-11-19(12-10-18)16-15(20(21)22)3-2-8-17-16/h2-8H,9-12H2,1H3. The summed E-state index contributed by atoms with van der Waals surface area (Å²) in [4.78, 5) is 19.2. The Morgan fingerprint density at radius 2 is 1.68 bits per heavy atom. The maximum absolute atomic E-state index is 11.1. The van der Waals surface area contributed by atoms with E-state index >= 15 is 0 Å². The molecule has 6 nitrogen and oxygen atoms in total. The van der Waals surface area contributed by atoms with E-state index in [-0.39, 0.29) is 10.6 Å². The van der Waals surface area contributed by atoms with Gasteiger partial charge in [-0.1, -0.05) is 17.7 Å². The molecule has 0 spiro atoms. The Morgan fingerprint density at radius 1 is 1.05 bits per heavy atom. The monoisotopic (exact) mass is 298 g/mol. The number of benzene rings is 1. The lowest BCUT2D eigenvalue weighted by Gasteiger charge is -2.36. The van der Waals surface area contributed by atoms with Gasteiger partial charge in [0.05, 0.1) is 4.92 Å². The Bertz CT molecular complexity index is 664. The quantitative estimate of drug-likeness (QED) is 0.644. The highest BCUT2D eigenvalue weighted by Gasteiger charge is 2.24. The first-order chi connectivity index (χ1) is 10.6. The van der Waals surface area contributed by atoms with Crippen molar-refractivity contribution in [1.29, 1.82) is 0 Å². The van der Waals surface area contributed by atoms with Crippen LogP contribution in [0, 0.1) is 17.0 Å². The van der Waals surface area contributed by atoms with Crippen LogP contribution in [0.1, 0.15) is 5.56 Å². The van der Waals surface area contributed by atoms with E-state index in [0.29, 0.717) is 5.82 Å². The fourth-order valence-electron chi connectivity index (χ4n) is 2.71. The van der Waals surface area contributed by atoms with E-state index in [2.05, 4.69) is 41.1 Å². The van der Waals surface area contributed by atoms with Crippen molar-refractivity contribution in [2.24, 2.45) is 0 Å². The molecule has 1 aromatic carbocycles. The molecule has 0 aliphatic carbocycles. The molecule has 0 unspecified atom stereocenters. The summed E-state index contributed by atoms with van der Waals surface area (Å²) in [6.07, 6.45) is 1.61. The highest BCUT2D eigenvalue weighted by molar-refractivity contribution is 5.59. The van der Waals surface area contributed by atoms with E-state index in [1.807, 2.05) is 4.90 Å². The second kappa shape index (κ2) is 6.01. The summed E-state index contributed by atoms with van der Waals surface area (Å²) in [5.41, 5.74) is 2.51. The normalized spacial score (nSPS) is 15.0. The van der Waals surface area contributed by atoms with E-state index in [4.69, 9.17) is 0 Å². The summed E-state index contributed by atoms with van der Waals surface area (Å²) in [6.45, 7) is 5.19. The van der Waals surface area contributed by atoms with Crippen molar-refractivity contribution in [3.05, 3.63) is 58.3 Å². The number of anilines is 2. The Hall–Kier alpha value is -2.63. The molecule has 3 rings (SSSR count). The lowest BCUT2D eigenvalue weighted by molar-refractivity contribution is -0.384. The van der Waals surface area contributed by atoms with E-state index in [1.54, 1.807) is 12.3 Å². The van der Waals surface area contributed by atoms with Gasteiger partial charge in [0.25, 0.3) is 0 Å². The number of nitrogens with zero attached hydrogens (tertiary/aromatic N) is 4. The zero-order valence-electron chi connectivity index (χ0n) is 12.5. The van der Waals surface area contributed by atoms with Crippen LogP contribution in [0.3, 0.4) is 0 Å². The van der Waals surface area contributed by atoms with Crippen LogP contribution < -0.4 is 9.80 Å². The number of rotatable bonds is 3. The topological polar surface area (TPSA) is 62.5 Å². The number of aryl methyl sites for hydroxylation is 1. The summed E-state index contributed by atoms with van der Waals surface area (Å²) in [5, 5.41) is 11.1. The van der Waals surface area contributed by atoms with Crippen molar-refractivity contribution in [2.45, 2.75) is 6.92 Å². The first-order valence-corrected chi connectivity index (χ1v) is 7.31. The van der Waals surface area contributed by atoms with Crippen LogP contribution in [0.4, 0.5) is 17.2 Å². The zero-order valence-corrected chi connectivity index (χ0v) is 12.5. The predicted molar refractivity (Wildman–Crippen MR) is 86.5 cm³/mol. The van der Waals surface area contributed by atoms with E-state index < -0.39 is 0 Å². The third-order valence-electron chi connectivity index (χ3n) is 3.94. The Labute approximate surface area is 129 Å². The van der Waals surface area contributed by atoms with Crippen molar-refractivity contribution in [1.82, 2.24) is 4.98 Å². The third kappa shape index (κ3) is 2.86. The Balaban J connectivity index is 1.72. The van der Waals surface area contributed by atoms with Gasteiger partial charge < -0.3 is 9.80 Å². The molecule has 6 heteroatoms. The minimum Gasteiger partial charge on any atom is -0.368 e. The molecule has 1 aliphatic heterocycles. The van der Waals surface area contributed by atoms with E-state index in [1.165, 1.54) is 17.3 Å². The second-order valence-electron chi connectivity index (χ2n) is 5.41. The number of nitro groups is 1. The Kier molecular flexibility index (Phi) is 3.91. The molecule has 114 valence electrons. The summed E-state index contributed by atoms with van der Waals surface area (Å²) < 4.78 is 0. The van der Waals surface area contributed by atoms with Gasteiger partial charge in [-0.05, 0) is 25.1 Å². The molecule has 1 saturated heterocycles. The maximum Gasteiger partial charge on any atom is 0.311 e. The first-order valence-electron chi connectivity index (χ1n) is 7.31. The maximum atomic E-state index is 11.1. The SMILES string of the molecule is Cc1ccc(N2CCN(c3ncccc3[N+](=O)[O-])CC2)cc1. The molecule has 0 saturated carbocycles. The van der Waals surface area contributed by atoms with Crippen LogP contribution in [0.2, 0.25) is 0 Å². The minimum atomic E-state index is -0.366. The zero-order chi connectivity index (χ0) is 15.5. The van der Waals surface area contributed by atoms with Gasteiger partial charge in [-0.15, -0.1) is 0 Å². The molecule has 0 N–H and O–H groups in total. The van der Waals surface area contributed by atoms with Crippen LogP contribution in [0.15, 0.2) is 42.6 Å². The Morgan fingerprint density at radius 3 is 2.32 bits per heavy atom. The fraction of sp³-hybridized carbons (Fsp3) is 0.312. The molecular formula is C16H18N4O2. The van der Waals surface area contributed by atoms with Gasteiger partial charge in [0.2, 0.25) is 5.82 Å². The predicted octanol–water partition coefficient (Wildman–Crippen LogP) is 2.62. The van der Waals surface area contributed by atoms with Gasteiger partial charge >= 0.3 is 5.69 Å². The van der Waals surface area contributed by atoms with Crippen LogP contribution in [-0.2, 0) is 0 Å². The van der Waals surface area contributed by atoms with Crippen LogP contribution in [0.5, 0.6) is 0 Å². The average Bonchev–Trinajstić information content (AvgIpc) is 2.56. The summed E-state index contributed by atoms with van der Waals surface area (Å²) in [5.74, 6) is 0.469. The molecule has 1 aromatic heterocycles. The number of aromatic nitrogens is 1. The largest absolute Gasteiger partial charge is 0.368 e. The number of hydrogen-bond donors (Lipinski definition) is 0. The van der Waals surface area contributed by atoms with Crippen LogP contribution in [-0.4, -0.2) is 36.1 Å². The van der Waals surface area contributed by atoms with Crippen molar-refractivity contribution >= 4 is 17.2 Å². The van der Waals surface area contributed by atoms with E-state index in [9.17, 15) is 10.1 Å². The molecular weight excluding hydrogens is 280 g/mol. The lowest BCUT2D eigenvalue weighted by atomic mass is 10.2. The molecule has 2 heterocycles. The second-order valence-corrected chi connectivity index (χ2v) is 5.41. The molecule has 0 bridgehead atoms. The summed E-state index contributed by atoms with van der Waals surface area (Å²) >= 11 is 0. The minimum absolute atomic E-state index is 0.0753. The molecule has 22 heavy (non-hydrogen) atoms. The summed E-state index contributed by atoms with van der Waals surface area (Å²) in [6, 6.07) is 11.6. The molecule has 1 fully saturated rings. The van der Waals surface area contributed by atoms with Crippen molar-refractivity contribution in [3.8, 4) is 0 Å². The van der Waals surface area contributed by atoms with Gasteiger partial charge in [-0.2, -0.15) is 0 Å². The number of hydrogen-bond acceptors (Lipinski definition) is 5. The molecule has 0 amide bonds. The van der Waals surface area contributed by atoms with Gasteiger partial charge in [-0.25, -0.2) is 4.98 Å². The first kappa shape index (κ1) is 14.3. The number of pyridine rings is 1.